The maximum atomic E-state index is 14.2. The number of piperazine rings is 1. The van der Waals surface area contributed by atoms with Crippen molar-refractivity contribution in [2.75, 3.05) is 13.1 Å². The second-order valence-electron chi connectivity index (χ2n) is 11.7. The van der Waals surface area contributed by atoms with Crippen LogP contribution in [-0.4, -0.2) is 67.5 Å². The standard InChI is InChI=1S/C29H29F2N5O3/c1-29(2,3)19(12-24(37)23-9-15-8-16(30)10-20(31)25(15)32-23)27(38)35-13-18-11-17(35)14-36(18)28(39)26-33-21-6-4-5-7-22(21)34-26/h4-10,17-19,32H,11-14H2,1-3H3,(H,33,34)/t17-,18-,19+/m0/s1. The summed E-state index contributed by atoms with van der Waals surface area (Å²) in [5, 5.41) is 0.264. The summed E-state index contributed by atoms with van der Waals surface area (Å²) in [5.41, 5.74) is 1.19. The van der Waals surface area contributed by atoms with Gasteiger partial charge in [0.25, 0.3) is 5.91 Å². The number of likely N-dealkylation sites (tertiary alicyclic amines) is 2. The molecule has 0 saturated carbocycles. The number of para-hydroxylation sites is 2. The largest absolute Gasteiger partial charge is 0.350 e. The van der Waals surface area contributed by atoms with Crippen LogP contribution in [0.2, 0.25) is 0 Å². The first-order chi connectivity index (χ1) is 18.5. The predicted molar refractivity (Wildman–Crippen MR) is 141 cm³/mol. The number of nitrogens with one attached hydrogen (secondary N) is 2. The number of fused-ring (bicyclic) bond motifs is 4. The third-order valence-electron chi connectivity index (χ3n) is 8.05. The molecule has 2 aromatic carbocycles. The average Bonchev–Trinajstić information content (AvgIpc) is 3.67. The van der Waals surface area contributed by atoms with Crippen molar-refractivity contribution in [3.05, 3.63) is 65.6 Å². The summed E-state index contributed by atoms with van der Waals surface area (Å²) < 4.78 is 27.8. The summed E-state index contributed by atoms with van der Waals surface area (Å²) >= 11 is 0. The van der Waals surface area contributed by atoms with Gasteiger partial charge < -0.3 is 19.8 Å². The molecule has 3 atom stereocenters. The van der Waals surface area contributed by atoms with Crippen molar-refractivity contribution in [3.8, 4) is 0 Å². The van der Waals surface area contributed by atoms with E-state index in [1.807, 2.05) is 45.0 Å². The number of amides is 2. The van der Waals surface area contributed by atoms with E-state index in [1.54, 1.807) is 9.80 Å². The van der Waals surface area contributed by atoms with Gasteiger partial charge >= 0.3 is 0 Å². The van der Waals surface area contributed by atoms with Crippen LogP contribution in [0.4, 0.5) is 8.78 Å². The van der Waals surface area contributed by atoms with Crippen LogP contribution in [0.25, 0.3) is 21.9 Å². The average molecular weight is 534 g/mol. The molecule has 4 heterocycles. The highest BCUT2D eigenvalue weighted by molar-refractivity contribution is 6.01. The normalized spacial score (nSPS) is 19.8. The van der Waals surface area contributed by atoms with Gasteiger partial charge in [-0.05, 0) is 36.1 Å². The first-order valence-corrected chi connectivity index (χ1v) is 13.1. The van der Waals surface area contributed by atoms with E-state index in [0.29, 0.717) is 19.5 Å². The number of aromatic nitrogens is 3. The van der Waals surface area contributed by atoms with E-state index in [1.165, 1.54) is 6.07 Å². The van der Waals surface area contributed by atoms with Gasteiger partial charge in [0.05, 0.1) is 40.2 Å². The Kier molecular flexibility index (Phi) is 5.82. The molecule has 0 aliphatic carbocycles. The minimum absolute atomic E-state index is 0.0597. The molecule has 2 aromatic heterocycles. The van der Waals surface area contributed by atoms with E-state index in [2.05, 4.69) is 15.0 Å². The fourth-order valence-corrected chi connectivity index (χ4v) is 5.95. The van der Waals surface area contributed by atoms with Gasteiger partial charge in [-0.1, -0.05) is 32.9 Å². The summed E-state index contributed by atoms with van der Waals surface area (Å²) in [7, 11) is 0. The lowest BCUT2D eigenvalue weighted by Gasteiger charge is -2.38. The Morgan fingerprint density at radius 3 is 2.44 bits per heavy atom. The topological polar surface area (TPSA) is 102 Å². The fraction of sp³-hybridized carbons (Fsp3) is 0.379. The molecule has 2 fully saturated rings. The van der Waals surface area contributed by atoms with Gasteiger partial charge in [0, 0.05) is 31.0 Å². The lowest BCUT2D eigenvalue weighted by atomic mass is 9.76. The molecule has 0 radical (unpaired) electrons. The van der Waals surface area contributed by atoms with Crippen molar-refractivity contribution < 1.29 is 23.2 Å². The number of benzene rings is 2. The number of H-pyrrole nitrogens is 2. The van der Waals surface area contributed by atoms with Gasteiger partial charge in [-0.15, -0.1) is 0 Å². The first kappa shape index (κ1) is 25.2. The maximum absolute atomic E-state index is 14.2. The van der Waals surface area contributed by atoms with Crippen LogP contribution >= 0.6 is 0 Å². The highest BCUT2D eigenvalue weighted by Gasteiger charge is 2.50. The molecular weight excluding hydrogens is 504 g/mol. The zero-order valence-corrected chi connectivity index (χ0v) is 21.9. The number of carbonyl (C=O) groups excluding carboxylic acids is 3. The minimum atomic E-state index is -0.776. The lowest BCUT2D eigenvalue weighted by molar-refractivity contribution is -0.141. The number of nitrogens with zero attached hydrogens (tertiary/aromatic N) is 3. The molecule has 2 bridgehead atoms. The number of carbonyl (C=O) groups is 3. The van der Waals surface area contributed by atoms with Crippen molar-refractivity contribution >= 4 is 39.5 Å². The number of ketones is 1. The number of hydrogen-bond donors (Lipinski definition) is 2. The van der Waals surface area contributed by atoms with Crippen LogP contribution in [0.3, 0.4) is 0 Å². The van der Waals surface area contributed by atoms with Crippen LogP contribution in [0.5, 0.6) is 0 Å². The number of hydrogen-bond acceptors (Lipinski definition) is 4. The summed E-state index contributed by atoms with van der Waals surface area (Å²) in [6, 6.07) is 10.5. The molecule has 0 spiro atoms. The van der Waals surface area contributed by atoms with Crippen molar-refractivity contribution in [3.63, 3.8) is 0 Å². The summed E-state index contributed by atoms with van der Waals surface area (Å²) in [6.45, 7) is 6.54. The maximum Gasteiger partial charge on any atom is 0.290 e. The van der Waals surface area contributed by atoms with Gasteiger partial charge in [0.2, 0.25) is 5.91 Å². The monoisotopic (exact) mass is 533 g/mol. The second-order valence-corrected chi connectivity index (χ2v) is 11.7. The third kappa shape index (κ3) is 4.37. The van der Waals surface area contributed by atoms with Gasteiger partial charge in [0.1, 0.15) is 11.6 Å². The van der Waals surface area contributed by atoms with E-state index in [4.69, 9.17) is 0 Å². The van der Waals surface area contributed by atoms with Crippen molar-refractivity contribution in [1.82, 2.24) is 24.8 Å². The number of Topliss-reactive ketones (excluding diaryl/α,β-unsaturated/α-hetero) is 1. The van der Waals surface area contributed by atoms with Crippen molar-refractivity contribution in [1.29, 1.82) is 0 Å². The van der Waals surface area contributed by atoms with Gasteiger partial charge in [-0.2, -0.15) is 0 Å². The van der Waals surface area contributed by atoms with Crippen LogP contribution < -0.4 is 0 Å². The summed E-state index contributed by atoms with van der Waals surface area (Å²) in [4.78, 5) is 54.1. The second kappa shape index (κ2) is 9.00. The third-order valence-corrected chi connectivity index (χ3v) is 8.05. The Morgan fingerprint density at radius 2 is 1.74 bits per heavy atom. The molecule has 8 nitrogen and oxygen atoms in total. The molecule has 6 rings (SSSR count). The fourth-order valence-electron chi connectivity index (χ4n) is 5.95. The van der Waals surface area contributed by atoms with Crippen LogP contribution in [0.1, 0.15) is 54.7 Å². The highest BCUT2D eigenvalue weighted by atomic mass is 19.1. The van der Waals surface area contributed by atoms with Gasteiger partial charge in [-0.3, -0.25) is 14.4 Å². The zero-order chi connectivity index (χ0) is 27.6. The molecule has 2 saturated heterocycles. The van der Waals surface area contributed by atoms with Crippen LogP contribution in [0, 0.1) is 23.0 Å². The molecular formula is C29H29F2N5O3. The quantitative estimate of drug-likeness (QED) is 0.364. The molecule has 2 aliphatic rings. The van der Waals surface area contributed by atoms with E-state index in [-0.39, 0.29) is 58.5 Å². The van der Waals surface area contributed by atoms with Crippen LogP contribution in [-0.2, 0) is 4.79 Å². The molecule has 2 aliphatic heterocycles. The van der Waals surface area contributed by atoms with E-state index in [0.717, 1.165) is 23.2 Å². The number of halogens is 2. The van der Waals surface area contributed by atoms with Crippen molar-refractivity contribution in [2.24, 2.45) is 11.3 Å². The number of aromatic amines is 2. The number of imidazole rings is 1. The number of rotatable bonds is 5. The van der Waals surface area contributed by atoms with Crippen LogP contribution in [0.15, 0.2) is 42.5 Å². The Labute approximate surface area is 223 Å². The Morgan fingerprint density at radius 1 is 1.03 bits per heavy atom. The Balaban J connectivity index is 1.17. The molecule has 39 heavy (non-hydrogen) atoms. The summed E-state index contributed by atoms with van der Waals surface area (Å²) in [5.74, 6) is -2.50. The lowest BCUT2D eigenvalue weighted by Crippen LogP contribution is -2.53. The van der Waals surface area contributed by atoms with E-state index < -0.39 is 23.0 Å². The van der Waals surface area contributed by atoms with E-state index >= 15 is 0 Å². The molecule has 2 N–H and O–H groups in total. The minimum Gasteiger partial charge on any atom is -0.350 e. The molecule has 0 unspecified atom stereocenters. The van der Waals surface area contributed by atoms with Gasteiger partial charge in [0.15, 0.2) is 11.6 Å². The van der Waals surface area contributed by atoms with E-state index in [9.17, 15) is 23.2 Å². The smallest absolute Gasteiger partial charge is 0.290 e. The molecule has 202 valence electrons. The highest BCUT2D eigenvalue weighted by Crippen LogP contribution is 2.38. The predicted octanol–water partition coefficient (Wildman–Crippen LogP) is 4.68. The molecule has 4 aromatic rings. The first-order valence-electron chi connectivity index (χ1n) is 13.1. The van der Waals surface area contributed by atoms with Crippen molar-refractivity contribution in [2.45, 2.75) is 45.7 Å². The molecule has 2 amide bonds. The zero-order valence-electron chi connectivity index (χ0n) is 21.9. The van der Waals surface area contributed by atoms with Gasteiger partial charge in [-0.25, -0.2) is 13.8 Å². The molecule has 10 heteroatoms. The Bertz CT molecular complexity index is 1600. The Hall–Kier alpha value is -4.08. The SMILES string of the molecule is CC(C)(C)[C@H](CC(=O)c1cc2cc(F)cc(F)c2[nH]1)C(=O)N1C[C@@H]2C[C@H]1CN2C(=O)c1nc2ccccc2[nH]1. The summed E-state index contributed by atoms with van der Waals surface area (Å²) in [6.07, 6.45) is 0.601.